The molecule has 0 atom stereocenters. The van der Waals surface area contributed by atoms with Crippen molar-refractivity contribution in [3.05, 3.63) is 29.0 Å². The van der Waals surface area contributed by atoms with E-state index in [1.165, 1.54) is 0 Å². The number of aryl methyl sites for hydroxylation is 1. The molecule has 14 heavy (non-hydrogen) atoms. The van der Waals surface area contributed by atoms with Gasteiger partial charge in [-0.3, -0.25) is 4.98 Å². The highest BCUT2D eigenvalue weighted by Gasteiger charge is 1.96. The van der Waals surface area contributed by atoms with Crippen molar-refractivity contribution in [1.82, 2.24) is 4.98 Å². The molecule has 2 nitrogen and oxygen atoms in total. The van der Waals surface area contributed by atoms with Gasteiger partial charge in [-0.25, -0.2) is 0 Å². The summed E-state index contributed by atoms with van der Waals surface area (Å²) in [6.45, 7) is 0.301. The molecule has 0 bridgehead atoms. The predicted molar refractivity (Wildman–Crippen MR) is 58.5 cm³/mol. The van der Waals surface area contributed by atoms with Gasteiger partial charge in [0, 0.05) is 23.5 Å². The van der Waals surface area contributed by atoms with Crippen molar-refractivity contribution in [2.75, 3.05) is 6.61 Å². The fraction of sp³-hybridized carbons (Fsp3) is 0.545. The van der Waals surface area contributed by atoms with Crippen molar-refractivity contribution in [2.45, 2.75) is 32.1 Å². The van der Waals surface area contributed by atoms with E-state index in [0.717, 1.165) is 42.8 Å². The zero-order valence-electron chi connectivity index (χ0n) is 8.25. The summed E-state index contributed by atoms with van der Waals surface area (Å²) in [5.41, 5.74) is 1.06. The van der Waals surface area contributed by atoms with Crippen molar-refractivity contribution in [3.8, 4) is 0 Å². The maximum atomic E-state index is 8.59. The summed E-state index contributed by atoms with van der Waals surface area (Å²) in [6, 6.07) is 3.70. The molecule has 0 amide bonds. The van der Waals surface area contributed by atoms with Crippen LogP contribution in [-0.4, -0.2) is 16.7 Å². The van der Waals surface area contributed by atoms with E-state index in [-0.39, 0.29) is 0 Å². The third kappa shape index (κ3) is 4.58. The lowest BCUT2D eigenvalue weighted by atomic mass is 10.1. The van der Waals surface area contributed by atoms with E-state index in [4.69, 9.17) is 16.7 Å². The summed E-state index contributed by atoms with van der Waals surface area (Å²) in [5, 5.41) is 9.34. The van der Waals surface area contributed by atoms with Crippen LogP contribution in [-0.2, 0) is 6.42 Å². The van der Waals surface area contributed by atoms with Crippen LogP contribution in [0.5, 0.6) is 0 Å². The van der Waals surface area contributed by atoms with E-state index in [1.807, 2.05) is 6.07 Å². The number of hydrogen-bond donors (Lipinski definition) is 1. The first-order chi connectivity index (χ1) is 6.83. The largest absolute Gasteiger partial charge is 0.396 e. The van der Waals surface area contributed by atoms with Crippen molar-refractivity contribution in [1.29, 1.82) is 0 Å². The number of aliphatic hydroxyl groups is 1. The van der Waals surface area contributed by atoms with Crippen LogP contribution < -0.4 is 0 Å². The fourth-order valence-electron chi connectivity index (χ4n) is 1.36. The number of hydrogen-bond acceptors (Lipinski definition) is 2. The molecule has 1 heterocycles. The van der Waals surface area contributed by atoms with Gasteiger partial charge in [0.2, 0.25) is 0 Å². The lowest BCUT2D eigenvalue weighted by Crippen LogP contribution is -1.90. The Morgan fingerprint density at radius 3 is 2.71 bits per heavy atom. The van der Waals surface area contributed by atoms with Crippen LogP contribution in [0.4, 0.5) is 0 Å². The molecular formula is C11H16ClNO. The first-order valence-corrected chi connectivity index (χ1v) is 5.42. The molecule has 0 saturated carbocycles. The summed E-state index contributed by atoms with van der Waals surface area (Å²) < 4.78 is 0. The maximum absolute atomic E-state index is 8.59. The van der Waals surface area contributed by atoms with E-state index in [1.54, 1.807) is 12.3 Å². The van der Waals surface area contributed by atoms with Crippen LogP contribution in [0.3, 0.4) is 0 Å². The van der Waals surface area contributed by atoms with E-state index in [2.05, 4.69) is 4.98 Å². The Kier molecular flexibility index (Phi) is 5.57. The number of unbranched alkanes of at least 4 members (excludes halogenated alkanes) is 3. The number of rotatable bonds is 6. The Morgan fingerprint density at radius 2 is 2.00 bits per heavy atom. The molecule has 0 spiro atoms. The summed E-state index contributed by atoms with van der Waals surface area (Å²) in [4.78, 5) is 4.22. The minimum Gasteiger partial charge on any atom is -0.396 e. The normalized spacial score (nSPS) is 10.4. The lowest BCUT2D eigenvalue weighted by Gasteiger charge is -2.00. The van der Waals surface area contributed by atoms with E-state index in [0.29, 0.717) is 6.61 Å². The SMILES string of the molecule is OCCCCCCc1cc(Cl)ccn1. The highest BCUT2D eigenvalue weighted by molar-refractivity contribution is 6.30. The quantitative estimate of drug-likeness (QED) is 0.738. The maximum Gasteiger partial charge on any atom is 0.0439 e. The molecule has 0 aliphatic rings. The van der Waals surface area contributed by atoms with Crippen LogP contribution in [0.15, 0.2) is 18.3 Å². The van der Waals surface area contributed by atoms with Crippen LogP contribution in [0, 0.1) is 0 Å². The summed E-state index contributed by atoms with van der Waals surface area (Å²) >= 11 is 5.83. The predicted octanol–water partition coefficient (Wildman–Crippen LogP) is 2.83. The van der Waals surface area contributed by atoms with Crippen molar-refractivity contribution in [3.63, 3.8) is 0 Å². The van der Waals surface area contributed by atoms with Gasteiger partial charge in [-0.05, 0) is 31.4 Å². The van der Waals surface area contributed by atoms with Crippen molar-refractivity contribution in [2.24, 2.45) is 0 Å². The second-order valence-corrected chi connectivity index (χ2v) is 3.79. The number of aromatic nitrogens is 1. The van der Waals surface area contributed by atoms with Crippen LogP contribution in [0.1, 0.15) is 31.4 Å². The molecule has 0 unspecified atom stereocenters. The Morgan fingerprint density at radius 1 is 1.21 bits per heavy atom. The molecule has 1 aromatic rings. The van der Waals surface area contributed by atoms with Gasteiger partial charge in [-0.1, -0.05) is 24.4 Å². The molecule has 0 saturated heterocycles. The van der Waals surface area contributed by atoms with Crippen LogP contribution in [0.2, 0.25) is 5.02 Å². The Labute approximate surface area is 89.9 Å². The van der Waals surface area contributed by atoms with Crippen molar-refractivity contribution < 1.29 is 5.11 Å². The standard InChI is InChI=1S/C11H16ClNO/c12-10-6-7-13-11(9-10)5-3-1-2-4-8-14/h6-7,9,14H,1-5,8H2. The summed E-state index contributed by atoms with van der Waals surface area (Å²) in [7, 11) is 0. The molecule has 0 aromatic carbocycles. The van der Waals surface area contributed by atoms with Gasteiger partial charge in [0.25, 0.3) is 0 Å². The third-order valence-electron chi connectivity index (χ3n) is 2.12. The summed E-state index contributed by atoms with van der Waals surface area (Å²) in [5.74, 6) is 0. The second-order valence-electron chi connectivity index (χ2n) is 3.35. The first-order valence-electron chi connectivity index (χ1n) is 5.04. The minimum atomic E-state index is 0.301. The van der Waals surface area contributed by atoms with E-state index >= 15 is 0 Å². The molecule has 0 fully saturated rings. The number of halogens is 1. The van der Waals surface area contributed by atoms with E-state index in [9.17, 15) is 0 Å². The van der Waals surface area contributed by atoms with Crippen LogP contribution in [0.25, 0.3) is 0 Å². The second kappa shape index (κ2) is 6.80. The van der Waals surface area contributed by atoms with Crippen molar-refractivity contribution >= 4 is 11.6 Å². The van der Waals surface area contributed by atoms with Gasteiger partial charge in [-0.2, -0.15) is 0 Å². The summed E-state index contributed by atoms with van der Waals surface area (Å²) in [6.07, 6.45) is 6.99. The molecule has 3 heteroatoms. The fourth-order valence-corrected chi connectivity index (χ4v) is 1.54. The number of nitrogens with zero attached hydrogens (tertiary/aromatic N) is 1. The highest BCUT2D eigenvalue weighted by atomic mass is 35.5. The van der Waals surface area contributed by atoms with Crippen LogP contribution >= 0.6 is 11.6 Å². The molecule has 1 N–H and O–H groups in total. The molecule has 0 aliphatic carbocycles. The van der Waals surface area contributed by atoms with E-state index < -0.39 is 0 Å². The zero-order chi connectivity index (χ0) is 10.2. The van der Waals surface area contributed by atoms with Gasteiger partial charge < -0.3 is 5.11 Å². The third-order valence-corrected chi connectivity index (χ3v) is 2.35. The topological polar surface area (TPSA) is 33.1 Å². The number of pyridine rings is 1. The molecule has 0 radical (unpaired) electrons. The van der Waals surface area contributed by atoms with Gasteiger partial charge >= 0.3 is 0 Å². The van der Waals surface area contributed by atoms with Gasteiger partial charge in [-0.15, -0.1) is 0 Å². The number of aliphatic hydroxyl groups excluding tert-OH is 1. The Bertz CT molecular complexity index is 265. The average molecular weight is 214 g/mol. The van der Waals surface area contributed by atoms with Gasteiger partial charge in [0.05, 0.1) is 0 Å². The molecule has 1 rings (SSSR count). The molecular weight excluding hydrogens is 198 g/mol. The zero-order valence-corrected chi connectivity index (χ0v) is 9.00. The smallest absolute Gasteiger partial charge is 0.0439 e. The average Bonchev–Trinajstić information content (AvgIpc) is 2.18. The lowest BCUT2D eigenvalue weighted by molar-refractivity contribution is 0.282. The first kappa shape index (κ1) is 11.5. The Balaban J connectivity index is 2.18. The molecule has 1 aromatic heterocycles. The molecule has 78 valence electrons. The minimum absolute atomic E-state index is 0.301. The van der Waals surface area contributed by atoms with Gasteiger partial charge in [0.1, 0.15) is 0 Å². The monoisotopic (exact) mass is 213 g/mol. The molecule has 0 aliphatic heterocycles. The Hall–Kier alpha value is -0.600. The highest BCUT2D eigenvalue weighted by Crippen LogP contribution is 2.11. The van der Waals surface area contributed by atoms with Gasteiger partial charge in [0.15, 0.2) is 0 Å².